The van der Waals surface area contributed by atoms with Crippen LogP contribution in [-0.4, -0.2) is 36.5 Å². The van der Waals surface area contributed by atoms with Crippen LogP contribution in [0.5, 0.6) is 0 Å². The van der Waals surface area contributed by atoms with E-state index in [1.165, 1.54) is 17.0 Å². The zero-order valence-electron chi connectivity index (χ0n) is 14.4. The molecule has 1 unspecified atom stereocenters. The summed E-state index contributed by atoms with van der Waals surface area (Å²) in [5.41, 5.74) is -0.692. The SMILES string of the molecule is CC(C)(C)NC(=O)CNC1CCN(c2ccc(C(F)(F)F)cc2)C1=O. The van der Waals surface area contributed by atoms with Gasteiger partial charge in [-0.1, -0.05) is 0 Å². The second kappa shape index (κ2) is 7.03. The Morgan fingerprint density at radius 2 is 1.80 bits per heavy atom. The van der Waals surface area contributed by atoms with Gasteiger partial charge in [-0.15, -0.1) is 0 Å². The summed E-state index contributed by atoms with van der Waals surface area (Å²) in [6.07, 6.45) is -3.92. The number of amides is 2. The highest BCUT2D eigenvalue weighted by molar-refractivity contribution is 5.99. The summed E-state index contributed by atoms with van der Waals surface area (Å²) in [5, 5.41) is 5.69. The molecule has 8 heteroatoms. The summed E-state index contributed by atoms with van der Waals surface area (Å²) in [6, 6.07) is 3.97. The number of carbonyl (C=O) groups is 2. The van der Waals surface area contributed by atoms with Crippen LogP contribution in [0, 0.1) is 0 Å². The van der Waals surface area contributed by atoms with E-state index < -0.39 is 17.8 Å². The largest absolute Gasteiger partial charge is 0.416 e. The van der Waals surface area contributed by atoms with Gasteiger partial charge < -0.3 is 10.2 Å². The molecule has 1 heterocycles. The molecule has 2 N–H and O–H groups in total. The Morgan fingerprint density at radius 3 is 2.32 bits per heavy atom. The highest BCUT2D eigenvalue weighted by atomic mass is 19.4. The fourth-order valence-corrected chi connectivity index (χ4v) is 2.63. The number of rotatable bonds is 4. The standard InChI is InChI=1S/C17H22F3N3O2/c1-16(2,3)22-14(24)10-21-13-8-9-23(15(13)25)12-6-4-11(5-7-12)17(18,19)20/h4-7,13,21H,8-10H2,1-3H3,(H,22,24). The van der Waals surface area contributed by atoms with Crippen LogP contribution in [0.3, 0.4) is 0 Å². The molecule has 5 nitrogen and oxygen atoms in total. The van der Waals surface area contributed by atoms with Crippen molar-refractivity contribution in [2.45, 2.75) is 44.9 Å². The minimum atomic E-state index is -4.40. The Bertz CT molecular complexity index is 636. The van der Waals surface area contributed by atoms with Gasteiger partial charge in [-0.05, 0) is 51.5 Å². The quantitative estimate of drug-likeness (QED) is 0.869. The second-order valence-electron chi connectivity index (χ2n) is 7.05. The van der Waals surface area contributed by atoms with Gasteiger partial charge in [0.2, 0.25) is 11.8 Å². The van der Waals surface area contributed by atoms with Gasteiger partial charge in [0, 0.05) is 17.8 Å². The van der Waals surface area contributed by atoms with Crippen molar-refractivity contribution >= 4 is 17.5 Å². The first-order chi connectivity index (χ1) is 11.5. The lowest BCUT2D eigenvalue weighted by Crippen LogP contribution is -2.48. The topological polar surface area (TPSA) is 61.4 Å². The summed E-state index contributed by atoms with van der Waals surface area (Å²) in [6.45, 7) is 5.98. The lowest BCUT2D eigenvalue weighted by molar-refractivity contribution is -0.137. The number of halogens is 3. The van der Waals surface area contributed by atoms with Crippen molar-refractivity contribution in [2.75, 3.05) is 18.0 Å². The first-order valence-electron chi connectivity index (χ1n) is 8.00. The first-order valence-corrected chi connectivity index (χ1v) is 8.00. The molecule has 1 fully saturated rings. The van der Waals surface area contributed by atoms with Crippen molar-refractivity contribution in [3.8, 4) is 0 Å². The van der Waals surface area contributed by atoms with E-state index in [4.69, 9.17) is 0 Å². The molecule has 0 radical (unpaired) electrons. The van der Waals surface area contributed by atoms with E-state index in [-0.39, 0.29) is 23.9 Å². The van der Waals surface area contributed by atoms with Crippen LogP contribution >= 0.6 is 0 Å². The van der Waals surface area contributed by atoms with Gasteiger partial charge in [0.05, 0.1) is 18.2 Å². The van der Waals surface area contributed by atoms with Crippen LogP contribution in [0.4, 0.5) is 18.9 Å². The molecular weight excluding hydrogens is 335 g/mol. The molecule has 0 spiro atoms. The number of nitrogens with one attached hydrogen (secondary N) is 2. The highest BCUT2D eigenvalue weighted by Crippen LogP contribution is 2.31. The second-order valence-corrected chi connectivity index (χ2v) is 7.05. The molecule has 1 saturated heterocycles. The van der Waals surface area contributed by atoms with E-state index in [2.05, 4.69) is 10.6 Å². The zero-order valence-corrected chi connectivity index (χ0v) is 14.4. The first kappa shape index (κ1) is 19.2. The Kier molecular flexibility index (Phi) is 5.41. The van der Waals surface area contributed by atoms with Gasteiger partial charge in [0.15, 0.2) is 0 Å². The summed E-state index contributed by atoms with van der Waals surface area (Å²) >= 11 is 0. The fraction of sp³-hybridized carbons (Fsp3) is 0.529. The van der Waals surface area contributed by atoms with Crippen LogP contribution < -0.4 is 15.5 Å². The minimum Gasteiger partial charge on any atom is -0.350 e. The molecule has 0 saturated carbocycles. The molecule has 0 aliphatic carbocycles. The lowest BCUT2D eigenvalue weighted by Gasteiger charge is -2.21. The molecule has 1 aliphatic heterocycles. The lowest BCUT2D eigenvalue weighted by atomic mass is 10.1. The van der Waals surface area contributed by atoms with Crippen molar-refractivity contribution in [2.24, 2.45) is 0 Å². The number of hydrogen-bond donors (Lipinski definition) is 2. The van der Waals surface area contributed by atoms with Gasteiger partial charge in [-0.2, -0.15) is 13.2 Å². The molecule has 138 valence electrons. The predicted octanol–water partition coefficient (Wildman–Crippen LogP) is 2.32. The zero-order chi connectivity index (χ0) is 18.8. The molecule has 1 atom stereocenters. The third-order valence-corrected chi connectivity index (χ3v) is 3.74. The normalized spacial score (nSPS) is 18.6. The Labute approximate surface area is 144 Å². The number of benzene rings is 1. The third kappa shape index (κ3) is 5.19. The van der Waals surface area contributed by atoms with Crippen LogP contribution in [-0.2, 0) is 15.8 Å². The van der Waals surface area contributed by atoms with Crippen molar-refractivity contribution in [3.63, 3.8) is 0 Å². The van der Waals surface area contributed by atoms with Crippen LogP contribution in [0.15, 0.2) is 24.3 Å². The minimum absolute atomic E-state index is 0.00846. The number of nitrogens with zero attached hydrogens (tertiary/aromatic N) is 1. The van der Waals surface area contributed by atoms with Crippen molar-refractivity contribution < 1.29 is 22.8 Å². The maximum absolute atomic E-state index is 12.6. The van der Waals surface area contributed by atoms with Gasteiger partial charge >= 0.3 is 6.18 Å². The Hall–Kier alpha value is -2.09. The molecule has 2 amide bonds. The van der Waals surface area contributed by atoms with Crippen LogP contribution in [0.2, 0.25) is 0 Å². The summed E-state index contributed by atoms with van der Waals surface area (Å²) in [7, 11) is 0. The van der Waals surface area contributed by atoms with Crippen LogP contribution in [0.25, 0.3) is 0 Å². The molecule has 25 heavy (non-hydrogen) atoms. The van der Waals surface area contributed by atoms with Crippen molar-refractivity contribution in [1.82, 2.24) is 10.6 Å². The summed E-state index contributed by atoms with van der Waals surface area (Å²) < 4.78 is 37.8. The van der Waals surface area contributed by atoms with Crippen LogP contribution in [0.1, 0.15) is 32.8 Å². The van der Waals surface area contributed by atoms with Gasteiger partial charge in [-0.3, -0.25) is 14.9 Å². The smallest absolute Gasteiger partial charge is 0.350 e. The number of anilines is 1. The number of alkyl halides is 3. The van der Waals surface area contributed by atoms with Crippen molar-refractivity contribution in [1.29, 1.82) is 0 Å². The third-order valence-electron chi connectivity index (χ3n) is 3.74. The maximum atomic E-state index is 12.6. The van der Waals surface area contributed by atoms with Gasteiger partial charge in [-0.25, -0.2) is 0 Å². The van der Waals surface area contributed by atoms with E-state index in [1.54, 1.807) is 0 Å². The number of hydrogen-bond acceptors (Lipinski definition) is 3. The fourth-order valence-electron chi connectivity index (χ4n) is 2.63. The van der Waals surface area contributed by atoms with Gasteiger partial charge in [0.1, 0.15) is 0 Å². The predicted molar refractivity (Wildman–Crippen MR) is 88.1 cm³/mol. The van der Waals surface area contributed by atoms with Gasteiger partial charge in [0.25, 0.3) is 0 Å². The summed E-state index contributed by atoms with van der Waals surface area (Å²) in [4.78, 5) is 25.6. The Balaban J connectivity index is 1.94. The monoisotopic (exact) mass is 357 g/mol. The average molecular weight is 357 g/mol. The van der Waals surface area contributed by atoms with E-state index >= 15 is 0 Å². The van der Waals surface area contributed by atoms with E-state index in [9.17, 15) is 22.8 Å². The van der Waals surface area contributed by atoms with E-state index in [0.717, 1.165) is 12.1 Å². The van der Waals surface area contributed by atoms with Crippen molar-refractivity contribution in [3.05, 3.63) is 29.8 Å². The maximum Gasteiger partial charge on any atom is 0.416 e. The molecule has 0 bridgehead atoms. The molecule has 2 rings (SSSR count). The average Bonchev–Trinajstić information content (AvgIpc) is 2.84. The molecule has 1 aromatic rings. The molecular formula is C17H22F3N3O2. The summed E-state index contributed by atoms with van der Waals surface area (Å²) in [5.74, 6) is -0.461. The molecule has 1 aromatic carbocycles. The van der Waals surface area contributed by atoms with E-state index in [1.807, 2.05) is 20.8 Å². The number of carbonyl (C=O) groups excluding carboxylic acids is 2. The van der Waals surface area contributed by atoms with E-state index in [0.29, 0.717) is 18.7 Å². The molecule has 1 aliphatic rings. The Morgan fingerprint density at radius 1 is 1.20 bits per heavy atom. The highest BCUT2D eigenvalue weighted by Gasteiger charge is 2.34. The molecule has 0 aromatic heterocycles.